The Morgan fingerprint density at radius 3 is 2.75 bits per heavy atom. The first-order valence-corrected chi connectivity index (χ1v) is 7.98. The number of aryl methyl sites for hydroxylation is 1. The Labute approximate surface area is 127 Å². The number of fused-ring (bicyclic) bond motifs is 1. The minimum absolute atomic E-state index is 0.227. The molecule has 3 heterocycles. The van der Waals surface area contributed by atoms with Gasteiger partial charge in [-0.2, -0.15) is 0 Å². The third-order valence-corrected chi connectivity index (χ3v) is 4.69. The van der Waals surface area contributed by atoms with Gasteiger partial charge in [-0.3, -0.25) is 4.57 Å². The monoisotopic (exact) mass is 303 g/mol. The summed E-state index contributed by atoms with van der Waals surface area (Å²) in [7, 11) is 0. The largest absolute Gasteiger partial charge is 0.329 e. The van der Waals surface area contributed by atoms with E-state index in [4.69, 9.17) is 12.2 Å². The van der Waals surface area contributed by atoms with Gasteiger partial charge in [0.05, 0.1) is 11.6 Å². The second-order valence-electron chi connectivity index (χ2n) is 5.33. The fourth-order valence-corrected chi connectivity index (χ4v) is 3.87. The molecule has 0 aliphatic carbocycles. The van der Waals surface area contributed by atoms with Crippen LogP contribution in [0, 0.1) is 17.6 Å². The van der Waals surface area contributed by atoms with Crippen molar-refractivity contribution in [2.45, 2.75) is 26.8 Å². The molecule has 3 aromatic rings. The quantitative estimate of drug-likeness (QED) is 0.711. The van der Waals surface area contributed by atoms with Crippen molar-refractivity contribution in [2.24, 2.45) is 5.92 Å². The number of nitrogens with one attached hydrogen (secondary N) is 1. The number of aromatic nitrogens is 3. The second kappa shape index (κ2) is 5.14. The summed E-state index contributed by atoms with van der Waals surface area (Å²) in [6.07, 6.45) is 0. The van der Waals surface area contributed by atoms with Crippen LogP contribution in [0.25, 0.3) is 11.2 Å². The summed E-state index contributed by atoms with van der Waals surface area (Å²) in [4.78, 5) is 9.27. The highest BCUT2D eigenvalue weighted by Crippen LogP contribution is 2.32. The molecule has 3 nitrogen and oxygen atoms in total. The molecule has 0 fully saturated rings. The second-order valence-corrected chi connectivity index (χ2v) is 6.69. The molecule has 0 saturated carbocycles. The highest BCUT2D eigenvalue weighted by atomic mass is 32.1. The van der Waals surface area contributed by atoms with Crippen LogP contribution in [0.1, 0.15) is 30.5 Å². The van der Waals surface area contributed by atoms with E-state index < -0.39 is 0 Å². The van der Waals surface area contributed by atoms with E-state index in [1.165, 1.54) is 4.88 Å². The molecule has 1 unspecified atom stereocenters. The van der Waals surface area contributed by atoms with Gasteiger partial charge in [-0.15, -0.1) is 11.3 Å². The van der Waals surface area contributed by atoms with E-state index in [-0.39, 0.29) is 6.04 Å². The predicted molar refractivity (Wildman–Crippen MR) is 87.0 cm³/mol. The molecule has 0 spiro atoms. The summed E-state index contributed by atoms with van der Waals surface area (Å²) in [6, 6.07) is 8.55. The number of aromatic amines is 1. The Balaban J connectivity index is 2.28. The molecule has 0 aliphatic heterocycles. The van der Waals surface area contributed by atoms with Crippen molar-refractivity contribution in [2.75, 3.05) is 0 Å². The van der Waals surface area contributed by atoms with Crippen LogP contribution in [0.2, 0.25) is 0 Å². The number of rotatable bonds is 3. The van der Waals surface area contributed by atoms with Crippen molar-refractivity contribution in [1.82, 2.24) is 14.5 Å². The smallest absolute Gasteiger partial charge is 0.179 e. The maximum atomic E-state index is 5.54. The van der Waals surface area contributed by atoms with E-state index in [1.807, 2.05) is 13.0 Å². The number of imidazole rings is 1. The molecule has 0 radical (unpaired) electrons. The zero-order valence-electron chi connectivity index (χ0n) is 11.8. The van der Waals surface area contributed by atoms with E-state index in [2.05, 4.69) is 52.0 Å². The van der Waals surface area contributed by atoms with E-state index in [9.17, 15) is 0 Å². The lowest BCUT2D eigenvalue weighted by Crippen LogP contribution is -2.16. The van der Waals surface area contributed by atoms with Crippen LogP contribution in [0.4, 0.5) is 0 Å². The lowest BCUT2D eigenvalue weighted by molar-refractivity contribution is 0.447. The maximum Gasteiger partial charge on any atom is 0.179 e. The Bertz CT molecular complexity index is 781. The highest BCUT2D eigenvalue weighted by Gasteiger charge is 2.22. The van der Waals surface area contributed by atoms with Gasteiger partial charge in [0.1, 0.15) is 0 Å². The number of H-pyrrole nitrogens is 1. The van der Waals surface area contributed by atoms with Crippen LogP contribution in [0.5, 0.6) is 0 Å². The first-order valence-electron chi connectivity index (χ1n) is 6.69. The molecule has 0 saturated heterocycles. The number of hydrogen-bond donors (Lipinski definition) is 1. The summed E-state index contributed by atoms with van der Waals surface area (Å²) < 4.78 is 2.90. The molecule has 0 bridgehead atoms. The standard InChI is InChI=1S/C15H17N3S2/c1-9(2)13(12-5-4-8-20-12)18-14-11(17-15(18)19)7-6-10(3)16-14/h4-9,13H,1-3H3,(H,17,19). The van der Waals surface area contributed by atoms with Gasteiger partial charge in [-0.1, -0.05) is 19.9 Å². The first-order chi connectivity index (χ1) is 9.58. The molecule has 0 aliphatic rings. The average molecular weight is 303 g/mol. The van der Waals surface area contributed by atoms with Crippen molar-refractivity contribution >= 4 is 34.7 Å². The first kappa shape index (κ1) is 13.5. The average Bonchev–Trinajstić information content (AvgIpc) is 3.00. The van der Waals surface area contributed by atoms with Crippen LogP contribution < -0.4 is 0 Å². The van der Waals surface area contributed by atoms with E-state index in [0.717, 1.165) is 21.6 Å². The van der Waals surface area contributed by atoms with Gasteiger partial charge in [-0.25, -0.2) is 4.98 Å². The van der Waals surface area contributed by atoms with Crippen molar-refractivity contribution in [3.8, 4) is 0 Å². The van der Waals surface area contributed by atoms with Crippen LogP contribution in [0.15, 0.2) is 29.6 Å². The van der Waals surface area contributed by atoms with E-state index in [0.29, 0.717) is 5.92 Å². The molecule has 0 aromatic carbocycles. The fourth-order valence-electron chi connectivity index (χ4n) is 2.57. The molecular formula is C15H17N3S2. The van der Waals surface area contributed by atoms with Gasteiger partial charge in [0.25, 0.3) is 0 Å². The number of pyridine rings is 1. The van der Waals surface area contributed by atoms with Crippen LogP contribution in [-0.2, 0) is 0 Å². The molecule has 3 aromatic heterocycles. The lowest BCUT2D eigenvalue weighted by atomic mass is 10.0. The number of nitrogens with zero attached hydrogens (tertiary/aromatic N) is 2. The number of hydrogen-bond acceptors (Lipinski definition) is 3. The summed E-state index contributed by atoms with van der Waals surface area (Å²) in [6.45, 7) is 6.46. The molecule has 5 heteroatoms. The van der Waals surface area contributed by atoms with Crippen LogP contribution in [0.3, 0.4) is 0 Å². The van der Waals surface area contributed by atoms with Crippen LogP contribution in [-0.4, -0.2) is 14.5 Å². The third kappa shape index (κ3) is 2.21. The molecular weight excluding hydrogens is 286 g/mol. The van der Waals surface area contributed by atoms with Crippen LogP contribution >= 0.6 is 23.6 Å². The molecule has 3 rings (SSSR count). The molecule has 1 N–H and O–H groups in total. The van der Waals surface area contributed by atoms with Gasteiger partial charge in [0, 0.05) is 10.6 Å². The SMILES string of the molecule is Cc1ccc2[nH]c(=S)n(C(c3cccs3)C(C)C)c2n1. The Hall–Kier alpha value is -1.46. The minimum atomic E-state index is 0.227. The van der Waals surface area contributed by atoms with E-state index in [1.54, 1.807) is 11.3 Å². The van der Waals surface area contributed by atoms with Crippen molar-refractivity contribution in [3.63, 3.8) is 0 Å². The summed E-state index contributed by atoms with van der Waals surface area (Å²) in [5.74, 6) is 0.446. The zero-order valence-corrected chi connectivity index (χ0v) is 13.4. The van der Waals surface area contributed by atoms with Crippen molar-refractivity contribution < 1.29 is 0 Å². The molecule has 104 valence electrons. The third-order valence-electron chi connectivity index (χ3n) is 3.45. The van der Waals surface area contributed by atoms with Gasteiger partial charge in [-0.05, 0) is 48.6 Å². The predicted octanol–water partition coefficient (Wildman–Crippen LogP) is 4.71. The minimum Gasteiger partial charge on any atom is -0.329 e. The summed E-state index contributed by atoms with van der Waals surface area (Å²) >= 11 is 7.31. The molecule has 1 atom stereocenters. The fraction of sp³-hybridized carbons (Fsp3) is 0.333. The zero-order chi connectivity index (χ0) is 14.3. The van der Waals surface area contributed by atoms with Gasteiger partial charge in [0.15, 0.2) is 10.4 Å². The van der Waals surface area contributed by atoms with Gasteiger partial charge >= 0.3 is 0 Å². The lowest BCUT2D eigenvalue weighted by Gasteiger charge is -2.21. The van der Waals surface area contributed by atoms with Crippen molar-refractivity contribution in [1.29, 1.82) is 0 Å². The maximum absolute atomic E-state index is 5.54. The highest BCUT2D eigenvalue weighted by molar-refractivity contribution is 7.71. The van der Waals surface area contributed by atoms with Crippen molar-refractivity contribution in [3.05, 3.63) is 45.0 Å². The Kier molecular flexibility index (Phi) is 3.48. The Morgan fingerprint density at radius 2 is 2.10 bits per heavy atom. The topological polar surface area (TPSA) is 33.6 Å². The van der Waals surface area contributed by atoms with E-state index >= 15 is 0 Å². The molecule has 0 amide bonds. The summed E-state index contributed by atoms with van der Waals surface area (Å²) in [5, 5.41) is 2.11. The molecule has 20 heavy (non-hydrogen) atoms. The summed E-state index contributed by atoms with van der Waals surface area (Å²) in [5.41, 5.74) is 2.96. The van der Waals surface area contributed by atoms with Gasteiger partial charge in [0.2, 0.25) is 0 Å². The van der Waals surface area contributed by atoms with Gasteiger partial charge < -0.3 is 4.98 Å². The Morgan fingerprint density at radius 1 is 1.30 bits per heavy atom. The normalized spacial score (nSPS) is 13.2. The number of thiophene rings is 1.